The van der Waals surface area contributed by atoms with Crippen LogP contribution in [0.5, 0.6) is 0 Å². The molecule has 0 bridgehead atoms. The third-order valence-corrected chi connectivity index (χ3v) is 5.50. The summed E-state index contributed by atoms with van der Waals surface area (Å²) in [7, 11) is 0. The zero-order valence-corrected chi connectivity index (χ0v) is 16.3. The van der Waals surface area contributed by atoms with Crippen LogP contribution in [0.25, 0.3) is 0 Å². The van der Waals surface area contributed by atoms with Crippen molar-refractivity contribution in [2.24, 2.45) is 5.92 Å². The van der Waals surface area contributed by atoms with Gasteiger partial charge in [0.05, 0.1) is 5.75 Å². The number of carbonyl (C=O) groups is 1. The summed E-state index contributed by atoms with van der Waals surface area (Å²) < 4.78 is 0. The van der Waals surface area contributed by atoms with Gasteiger partial charge < -0.3 is 10.2 Å². The minimum absolute atomic E-state index is 0.0160. The molecule has 0 spiro atoms. The minimum Gasteiger partial charge on any atom is -0.356 e. The number of benzene rings is 1. The average Bonchev–Trinajstić information content (AvgIpc) is 2.66. The molecule has 2 aromatic rings. The predicted octanol–water partition coefficient (Wildman–Crippen LogP) is 3.43. The van der Waals surface area contributed by atoms with E-state index in [0.29, 0.717) is 18.2 Å². The van der Waals surface area contributed by atoms with Crippen LogP contribution in [0.1, 0.15) is 30.9 Å². The number of hydrogen-bond donors (Lipinski definition) is 1. The Hall–Kier alpha value is -2.08. The molecule has 1 aliphatic rings. The smallest absolute Gasteiger partial charge is 0.230 e. The second kappa shape index (κ2) is 9.03. The molecule has 1 atom stereocenters. The summed E-state index contributed by atoms with van der Waals surface area (Å²) >= 11 is 1.46. The van der Waals surface area contributed by atoms with Gasteiger partial charge >= 0.3 is 0 Å². The summed E-state index contributed by atoms with van der Waals surface area (Å²) in [4.78, 5) is 23.1. The van der Waals surface area contributed by atoms with Crippen molar-refractivity contribution in [3.63, 3.8) is 0 Å². The van der Waals surface area contributed by atoms with Gasteiger partial charge in [0.25, 0.3) is 0 Å². The van der Waals surface area contributed by atoms with Crippen LogP contribution in [0, 0.1) is 12.8 Å². The molecule has 1 N–H and O–H groups in total. The van der Waals surface area contributed by atoms with Crippen molar-refractivity contribution in [3.05, 3.63) is 47.8 Å². The third kappa shape index (κ3) is 5.46. The first-order valence-corrected chi connectivity index (χ1v) is 10.1. The lowest BCUT2D eigenvalue weighted by molar-refractivity contribution is -0.118. The van der Waals surface area contributed by atoms with E-state index in [-0.39, 0.29) is 5.91 Å². The molecule has 0 aliphatic carbocycles. The van der Waals surface area contributed by atoms with E-state index in [1.54, 1.807) is 6.33 Å². The van der Waals surface area contributed by atoms with Crippen molar-refractivity contribution in [2.75, 3.05) is 23.7 Å². The normalized spacial score (nSPS) is 17.2. The average molecular weight is 371 g/mol. The van der Waals surface area contributed by atoms with Crippen molar-refractivity contribution < 1.29 is 4.79 Å². The van der Waals surface area contributed by atoms with Crippen LogP contribution in [0.3, 0.4) is 0 Å². The summed E-state index contributed by atoms with van der Waals surface area (Å²) in [5, 5.41) is 3.80. The summed E-state index contributed by atoms with van der Waals surface area (Å²) in [5.41, 5.74) is 2.33. The Kier molecular flexibility index (Phi) is 6.50. The molecule has 138 valence electrons. The van der Waals surface area contributed by atoms with Gasteiger partial charge in [0, 0.05) is 25.7 Å². The van der Waals surface area contributed by atoms with Gasteiger partial charge in [-0.25, -0.2) is 9.97 Å². The maximum Gasteiger partial charge on any atom is 0.230 e. The molecular formula is C20H26N4OS. The fourth-order valence-electron chi connectivity index (χ4n) is 3.08. The van der Waals surface area contributed by atoms with Crippen LogP contribution < -0.4 is 10.2 Å². The van der Waals surface area contributed by atoms with E-state index in [4.69, 9.17) is 0 Å². The topological polar surface area (TPSA) is 58.1 Å². The first-order valence-electron chi connectivity index (χ1n) is 9.12. The molecule has 0 radical (unpaired) electrons. The number of hydrogen-bond acceptors (Lipinski definition) is 5. The second-order valence-corrected chi connectivity index (χ2v) is 7.95. The fraction of sp³-hybridized carbons (Fsp3) is 0.450. The lowest BCUT2D eigenvalue weighted by Crippen LogP contribution is -2.34. The quantitative estimate of drug-likeness (QED) is 0.624. The van der Waals surface area contributed by atoms with E-state index in [0.717, 1.165) is 29.5 Å². The molecule has 1 unspecified atom stereocenters. The molecule has 1 saturated heterocycles. The monoisotopic (exact) mass is 370 g/mol. The van der Waals surface area contributed by atoms with Crippen LogP contribution in [-0.4, -0.2) is 34.7 Å². The number of nitrogens with zero attached hydrogens (tertiary/aromatic N) is 3. The molecule has 0 saturated carbocycles. The number of thioether (sulfide) groups is 1. The van der Waals surface area contributed by atoms with Crippen molar-refractivity contribution in [1.82, 2.24) is 15.3 Å². The zero-order valence-electron chi connectivity index (χ0n) is 15.4. The largest absolute Gasteiger partial charge is 0.356 e. The Labute approximate surface area is 159 Å². The van der Waals surface area contributed by atoms with Gasteiger partial charge in [-0.05, 0) is 31.2 Å². The number of piperidine rings is 1. The maximum atomic E-state index is 12.1. The van der Waals surface area contributed by atoms with Crippen LogP contribution in [0.4, 0.5) is 5.82 Å². The van der Waals surface area contributed by atoms with Gasteiger partial charge in [-0.1, -0.05) is 48.5 Å². The summed E-state index contributed by atoms with van der Waals surface area (Å²) in [6.45, 7) is 6.97. The molecule has 1 aromatic carbocycles. The first kappa shape index (κ1) is 18.7. The summed E-state index contributed by atoms with van der Waals surface area (Å²) in [6.07, 6.45) is 4.08. The standard InChI is InChI=1S/C20H26N4OS/c1-15-5-7-17(8-6-15)11-21-19(25)13-26-20-10-18(22-14-23-20)24-9-3-4-16(2)12-24/h5-8,10,14,16H,3-4,9,11-13H2,1-2H3,(H,21,25). The molecule has 5 nitrogen and oxygen atoms in total. The Balaban J connectivity index is 1.48. The number of amides is 1. The molecule has 1 amide bonds. The van der Waals surface area contributed by atoms with Gasteiger partial charge in [-0.3, -0.25) is 4.79 Å². The first-order chi connectivity index (χ1) is 12.6. The molecule has 1 fully saturated rings. The zero-order chi connectivity index (χ0) is 18.4. The number of anilines is 1. The lowest BCUT2D eigenvalue weighted by Gasteiger charge is -2.31. The van der Waals surface area contributed by atoms with E-state index >= 15 is 0 Å². The number of nitrogens with one attached hydrogen (secondary N) is 1. The van der Waals surface area contributed by atoms with Crippen LogP contribution in [0.2, 0.25) is 0 Å². The predicted molar refractivity (Wildman–Crippen MR) is 106 cm³/mol. The highest BCUT2D eigenvalue weighted by atomic mass is 32.2. The summed E-state index contributed by atoms with van der Waals surface area (Å²) in [6, 6.07) is 10.2. The van der Waals surface area contributed by atoms with Gasteiger partial charge in [0.15, 0.2) is 0 Å². The highest BCUT2D eigenvalue weighted by Crippen LogP contribution is 2.24. The number of aromatic nitrogens is 2. The van der Waals surface area contributed by atoms with E-state index < -0.39 is 0 Å². The van der Waals surface area contributed by atoms with Crippen molar-refractivity contribution in [1.29, 1.82) is 0 Å². The van der Waals surface area contributed by atoms with E-state index in [1.807, 2.05) is 18.2 Å². The van der Waals surface area contributed by atoms with Crippen LogP contribution >= 0.6 is 11.8 Å². The molecule has 26 heavy (non-hydrogen) atoms. The fourth-order valence-corrected chi connectivity index (χ4v) is 3.77. The Bertz CT molecular complexity index is 735. The van der Waals surface area contributed by atoms with Crippen molar-refractivity contribution in [3.8, 4) is 0 Å². The Morgan fingerprint density at radius 3 is 2.88 bits per heavy atom. The highest BCUT2D eigenvalue weighted by Gasteiger charge is 2.18. The highest BCUT2D eigenvalue weighted by molar-refractivity contribution is 7.99. The van der Waals surface area contributed by atoms with Crippen molar-refractivity contribution >= 4 is 23.5 Å². The number of aryl methyl sites for hydroxylation is 1. The maximum absolute atomic E-state index is 12.1. The SMILES string of the molecule is Cc1ccc(CNC(=O)CSc2cc(N3CCCC(C)C3)ncn2)cc1. The molecule has 1 aromatic heterocycles. The molecule has 2 heterocycles. The Morgan fingerprint density at radius 1 is 1.31 bits per heavy atom. The van der Waals surface area contributed by atoms with Crippen LogP contribution in [-0.2, 0) is 11.3 Å². The van der Waals surface area contributed by atoms with Gasteiger partial charge in [0.1, 0.15) is 17.2 Å². The molecular weight excluding hydrogens is 344 g/mol. The minimum atomic E-state index is 0.0160. The van der Waals surface area contributed by atoms with Gasteiger partial charge in [-0.2, -0.15) is 0 Å². The van der Waals surface area contributed by atoms with E-state index in [9.17, 15) is 4.79 Å². The molecule has 6 heteroatoms. The third-order valence-electron chi connectivity index (χ3n) is 4.57. The lowest BCUT2D eigenvalue weighted by atomic mass is 10.0. The van der Waals surface area contributed by atoms with E-state index in [1.165, 1.54) is 30.2 Å². The Morgan fingerprint density at radius 2 is 2.12 bits per heavy atom. The van der Waals surface area contributed by atoms with E-state index in [2.05, 4.69) is 46.2 Å². The van der Waals surface area contributed by atoms with Crippen LogP contribution in [0.15, 0.2) is 41.7 Å². The number of rotatable bonds is 6. The molecule has 1 aliphatic heterocycles. The molecule has 3 rings (SSSR count). The number of carbonyl (C=O) groups excluding carboxylic acids is 1. The van der Waals surface area contributed by atoms with Gasteiger partial charge in [0.2, 0.25) is 5.91 Å². The second-order valence-electron chi connectivity index (χ2n) is 6.96. The van der Waals surface area contributed by atoms with Crippen molar-refractivity contribution in [2.45, 2.75) is 38.3 Å². The summed E-state index contributed by atoms with van der Waals surface area (Å²) in [5.74, 6) is 2.04. The van der Waals surface area contributed by atoms with Gasteiger partial charge in [-0.15, -0.1) is 0 Å².